The summed E-state index contributed by atoms with van der Waals surface area (Å²) in [5.74, 6) is 1.01. The first-order chi connectivity index (χ1) is 13.2. The van der Waals surface area contributed by atoms with E-state index in [1.807, 2.05) is 35.0 Å². The Balaban J connectivity index is 1.41. The van der Waals surface area contributed by atoms with Crippen LogP contribution in [0.5, 0.6) is 0 Å². The number of thioether (sulfide) groups is 1. The van der Waals surface area contributed by atoms with Crippen molar-refractivity contribution < 1.29 is 4.79 Å². The van der Waals surface area contributed by atoms with Gasteiger partial charge in [-0.25, -0.2) is 4.98 Å². The Hall–Kier alpha value is -2.01. The molecule has 0 aliphatic carbocycles. The van der Waals surface area contributed by atoms with Gasteiger partial charge in [0.15, 0.2) is 0 Å². The van der Waals surface area contributed by atoms with Crippen LogP contribution in [-0.4, -0.2) is 47.2 Å². The SMILES string of the molecule is Cc1ccc(SC2CCN(c3ncccc3C(=O)N3CCCC3)CC2)cc1. The maximum absolute atomic E-state index is 12.9. The second-order valence-electron chi connectivity index (χ2n) is 7.49. The van der Waals surface area contributed by atoms with Gasteiger partial charge in [0.1, 0.15) is 5.82 Å². The fraction of sp³-hybridized carbons (Fsp3) is 0.455. The van der Waals surface area contributed by atoms with Gasteiger partial charge in [-0.2, -0.15) is 0 Å². The summed E-state index contributed by atoms with van der Waals surface area (Å²) < 4.78 is 0. The largest absolute Gasteiger partial charge is 0.356 e. The highest BCUT2D eigenvalue weighted by molar-refractivity contribution is 8.00. The van der Waals surface area contributed by atoms with Gasteiger partial charge in [-0.1, -0.05) is 17.7 Å². The number of pyridine rings is 1. The first-order valence-corrected chi connectivity index (χ1v) is 10.8. The van der Waals surface area contributed by atoms with Crippen LogP contribution in [0.15, 0.2) is 47.5 Å². The van der Waals surface area contributed by atoms with Gasteiger partial charge in [-0.05, 0) is 56.9 Å². The zero-order chi connectivity index (χ0) is 18.6. The smallest absolute Gasteiger partial charge is 0.257 e. The second kappa shape index (κ2) is 8.34. The fourth-order valence-electron chi connectivity index (χ4n) is 3.90. The summed E-state index contributed by atoms with van der Waals surface area (Å²) in [6.07, 6.45) is 6.27. The minimum atomic E-state index is 0.145. The highest BCUT2D eigenvalue weighted by Gasteiger charge is 2.27. The van der Waals surface area contributed by atoms with Crippen molar-refractivity contribution >= 4 is 23.5 Å². The van der Waals surface area contributed by atoms with E-state index in [4.69, 9.17) is 0 Å². The Morgan fingerprint density at radius 3 is 2.44 bits per heavy atom. The minimum absolute atomic E-state index is 0.145. The van der Waals surface area contributed by atoms with Crippen molar-refractivity contribution in [2.75, 3.05) is 31.1 Å². The lowest BCUT2D eigenvalue weighted by Gasteiger charge is -2.33. The summed E-state index contributed by atoms with van der Waals surface area (Å²) >= 11 is 1.98. The maximum Gasteiger partial charge on any atom is 0.257 e. The van der Waals surface area contributed by atoms with Crippen molar-refractivity contribution in [1.29, 1.82) is 0 Å². The van der Waals surface area contributed by atoms with Crippen molar-refractivity contribution in [3.05, 3.63) is 53.7 Å². The van der Waals surface area contributed by atoms with Crippen LogP contribution in [0.25, 0.3) is 0 Å². The number of aromatic nitrogens is 1. The Morgan fingerprint density at radius 2 is 1.74 bits per heavy atom. The predicted molar refractivity (Wildman–Crippen MR) is 112 cm³/mol. The van der Waals surface area contributed by atoms with Crippen LogP contribution in [0.4, 0.5) is 5.82 Å². The molecule has 0 radical (unpaired) electrons. The molecule has 142 valence electrons. The monoisotopic (exact) mass is 381 g/mol. The van der Waals surface area contributed by atoms with Gasteiger partial charge >= 0.3 is 0 Å². The van der Waals surface area contributed by atoms with Crippen LogP contribution in [0.1, 0.15) is 41.6 Å². The number of amides is 1. The number of carbonyl (C=O) groups is 1. The first-order valence-electron chi connectivity index (χ1n) is 9.93. The summed E-state index contributed by atoms with van der Waals surface area (Å²) in [5, 5.41) is 0.630. The number of nitrogens with zero attached hydrogens (tertiary/aromatic N) is 3. The summed E-state index contributed by atoms with van der Waals surface area (Å²) in [6, 6.07) is 12.6. The van der Waals surface area contributed by atoms with Gasteiger partial charge in [0.05, 0.1) is 5.56 Å². The van der Waals surface area contributed by atoms with E-state index in [0.717, 1.165) is 63.2 Å². The summed E-state index contributed by atoms with van der Waals surface area (Å²) in [7, 11) is 0. The molecule has 27 heavy (non-hydrogen) atoms. The number of rotatable bonds is 4. The van der Waals surface area contributed by atoms with Crippen LogP contribution in [0.3, 0.4) is 0 Å². The molecule has 4 rings (SSSR count). The van der Waals surface area contributed by atoms with Gasteiger partial charge in [0.2, 0.25) is 0 Å². The predicted octanol–water partition coefficient (Wildman–Crippen LogP) is 4.39. The van der Waals surface area contributed by atoms with E-state index < -0.39 is 0 Å². The van der Waals surface area contributed by atoms with Gasteiger partial charge in [-0.3, -0.25) is 4.79 Å². The topological polar surface area (TPSA) is 36.4 Å². The second-order valence-corrected chi connectivity index (χ2v) is 8.86. The standard InChI is InChI=1S/C22H27N3OS/c1-17-6-8-18(9-7-17)27-19-10-15-24(16-11-19)21-20(5-4-12-23-21)22(26)25-13-2-3-14-25/h4-9,12,19H,2-3,10-11,13-16H2,1H3. The fourth-order valence-corrected chi connectivity index (χ4v) is 5.03. The van der Waals surface area contributed by atoms with Crippen molar-refractivity contribution in [1.82, 2.24) is 9.88 Å². The number of aryl methyl sites for hydroxylation is 1. The molecule has 2 saturated heterocycles. The van der Waals surface area contributed by atoms with Gasteiger partial charge in [0.25, 0.3) is 5.91 Å². The number of piperidine rings is 1. The number of anilines is 1. The zero-order valence-corrected chi connectivity index (χ0v) is 16.8. The van der Waals surface area contributed by atoms with Crippen LogP contribution in [0.2, 0.25) is 0 Å². The molecule has 1 aromatic carbocycles. The van der Waals surface area contributed by atoms with Crippen LogP contribution in [-0.2, 0) is 0 Å². The molecule has 4 nitrogen and oxygen atoms in total. The van der Waals surface area contributed by atoms with E-state index in [1.54, 1.807) is 0 Å². The molecule has 0 spiro atoms. The molecule has 2 aromatic rings. The molecule has 0 bridgehead atoms. The third-order valence-electron chi connectivity index (χ3n) is 5.48. The molecule has 0 unspecified atom stereocenters. The Kier molecular flexibility index (Phi) is 5.67. The Morgan fingerprint density at radius 1 is 1.04 bits per heavy atom. The molecule has 1 aromatic heterocycles. The van der Waals surface area contributed by atoms with E-state index >= 15 is 0 Å². The average molecular weight is 382 g/mol. The normalized spacial score (nSPS) is 18.1. The molecule has 0 N–H and O–H groups in total. The third-order valence-corrected chi connectivity index (χ3v) is 6.82. The van der Waals surface area contributed by atoms with E-state index in [-0.39, 0.29) is 5.91 Å². The quantitative estimate of drug-likeness (QED) is 0.787. The zero-order valence-electron chi connectivity index (χ0n) is 15.9. The van der Waals surface area contributed by atoms with Crippen LogP contribution < -0.4 is 4.90 Å². The van der Waals surface area contributed by atoms with E-state index in [0.29, 0.717) is 5.25 Å². The van der Waals surface area contributed by atoms with Gasteiger partial charge < -0.3 is 9.80 Å². The van der Waals surface area contributed by atoms with E-state index in [1.165, 1.54) is 10.5 Å². The number of hydrogen-bond donors (Lipinski definition) is 0. The summed E-state index contributed by atoms with van der Waals surface area (Å²) in [5.41, 5.74) is 2.07. The molecule has 2 aliphatic heterocycles. The number of benzene rings is 1. The summed E-state index contributed by atoms with van der Waals surface area (Å²) in [4.78, 5) is 23.1. The molecule has 2 fully saturated rings. The van der Waals surface area contributed by atoms with Crippen LogP contribution in [0, 0.1) is 6.92 Å². The number of carbonyl (C=O) groups excluding carboxylic acids is 1. The number of likely N-dealkylation sites (tertiary alicyclic amines) is 1. The van der Waals surface area contributed by atoms with E-state index in [2.05, 4.69) is 41.1 Å². The lowest BCUT2D eigenvalue weighted by atomic mass is 10.1. The molecule has 3 heterocycles. The Bertz CT molecular complexity index is 778. The summed E-state index contributed by atoms with van der Waals surface area (Å²) in [6.45, 7) is 5.80. The molecular weight excluding hydrogens is 354 g/mol. The lowest BCUT2D eigenvalue weighted by Crippen LogP contribution is -2.37. The average Bonchev–Trinajstić information content (AvgIpc) is 3.25. The molecule has 1 amide bonds. The molecule has 2 aliphatic rings. The van der Waals surface area contributed by atoms with Crippen molar-refractivity contribution in [3.8, 4) is 0 Å². The highest BCUT2D eigenvalue weighted by Crippen LogP contribution is 2.32. The maximum atomic E-state index is 12.9. The van der Waals surface area contributed by atoms with Gasteiger partial charge in [0, 0.05) is 42.5 Å². The van der Waals surface area contributed by atoms with Crippen molar-refractivity contribution in [2.45, 2.75) is 42.8 Å². The first kappa shape index (κ1) is 18.4. The molecular formula is C22H27N3OS. The van der Waals surface area contributed by atoms with Crippen molar-refractivity contribution in [2.24, 2.45) is 0 Å². The van der Waals surface area contributed by atoms with E-state index in [9.17, 15) is 4.79 Å². The minimum Gasteiger partial charge on any atom is -0.356 e. The third kappa shape index (κ3) is 4.29. The van der Waals surface area contributed by atoms with Gasteiger partial charge in [-0.15, -0.1) is 11.8 Å². The highest BCUT2D eigenvalue weighted by atomic mass is 32.2. The Labute approximate surface area is 166 Å². The molecule has 0 atom stereocenters. The lowest BCUT2D eigenvalue weighted by molar-refractivity contribution is 0.0793. The molecule has 5 heteroatoms. The van der Waals surface area contributed by atoms with Crippen LogP contribution >= 0.6 is 11.8 Å². The van der Waals surface area contributed by atoms with Crippen molar-refractivity contribution in [3.63, 3.8) is 0 Å². The molecule has 0 saturated carbocycles. The number of hydrogen-bond acceptors (Lipinski definition) is 4.